The van der Waals surface area contributed by atoms with Crippen molar-refractivity contribution in [2.45, 2.75) is 90.8 Å². The molecular formula is C20H33BFN3O4. The van der Waals surface area contributed by atoms with Gasteiger partial charge in [-0.2, -0.15) is 5.10 Å². The van der Waals surface area contributed by atoms with E-state index in [4.69, 9.17) is 14.0 Å². The largest absolute Gasteiger partial charge is 0.498 e. The van der Waals surface area contributed by atoms with Gasteiger partial charge in [-0.15, -0.1) is 0 Å². The second-order valence-corrected chi connectivity index (χ2v) is 10.0. The fourth-order valence-corrected chi connectivity index (χ4v) is 3.63. The van der Waals surface area contributed by atoms with E-state index in [1.807, 2.05) is 34.6 Å². The molecule has 0 aromatic carbocycles. The van der Waals surface area contributed by atoms with E-state index >= 15 is 4.39 Å². The molecule has 0 bridgehead atoms. The Kier molecular flexibility index (Phi) is 5.54. The number of likely N-dealkylation sites (tertiary alicyclic amines) is 1. The molecule has 0 radical (unpaired) electrons. The molecule has 9 heteroatoms. The van der Waals surface area contributed by atoms with Crippen molar-refractivity contribution in [2.24, 2.45) is 0 Å². The van der Waals surface area contributed by atoms with Crippen molar-refractivity contribution in [1.82, 2.24) is 14.7 Å². The molecule has 3 heterocycles. The first-order valence-corrected chi connectivity index (χ1v) is 10.2. The van der Waals surface area contributed by atoms with E-state index in [9.17, 15) is 4.79 Å². The summed E-state index contributed by atoms with van der Waals surface area (Å²) in [6.07, 6.45) is 0.450. The van der Waals surface area contributed by atoms with Gasteiger partial charge in [0.05, 0.1) is 23.8 Å². The summed E-state index contributed by atoms with van der Waals surface area (Å²) in [7, 11) is -0.534. The predicted octanol–water partition coefficient (Wildman–Crippen LogP) is 3.01. The molecule has 0 unspecified atom stereocenters. The highest BCUT2D eigenvalue weighted by Gasteiger charge is 2.52. The van der Waals surface area contributed by atoms with Crippen LogP contribution >= 0.6 is 0 Å². The quantitative estimate of drug-likeness (QED) is 0.703. The van der Waals surface area contributed by atoms with Gasteiger partial charge in [-0.25, -0.2) is 9.18 Å². The van der Waals surface area contributed by atoms with Crippen LogP contribution in [0.25, 0.3) is 0 Å². The van der Waals surface area contributed by atoms with Crippen LogP contribution < -0.4 is 5.46 Å². The second-order valence-electron chi connectivity index (χ2n) is 10.0. The lowest BCUT2D eigenvalue weighted by Gasteiger charge is -2.36. The molecule has 3 rings (SSSR count). The van der Waals surface area contributed by atoms with Gasteiger partial charge in [0.25, 0.3) is 0 Å². The Bertz CT molecular complexity index is 758. The van der Waals surface area contributed by atoms with Crippen molar-refractivity contribution < 1.29 is 23.2 Å². The number of piperidine rings is 1. The molecule has 29 heavy (non-hydrogen) atoms. The molecule has 0 N–H and O–H groups in total. The maximum Gasteiger partial charge on any atom is 0.498 e. The van der Waals surface area contributed by atoms with Crippen LogP contribution in [-0.4, -0.2) is 64.0 Å². The first-order chi connectivity index (χ1) is 13.2. The molecule has 1 aromatic heterocycles. The van der Waals surface area contributed by atoms with Crippen LogP contribution in [-0.2, 0) is 14.0 Å². The number of hydrogen-bond acceptors (Lipinski definition) is 5. The smallest absolute Gasteiger partial charge is 0.444 e. The number of aromatic nitrogens is 2. The molecule has 2 atom stereocenters. The van der Waals surface area contributed by atoms with Crippen molar-refractivity contribution in [3.63, 3.8) is 0 Å². The van der Waals surface area contributed by atoms with Crippen LogP contribution in [0.1, 0.15) is 66.6 Å². The minimum Gasteiger partial charge on any atom is -0.444 e. The number of nitrogens with zero attached hydrogens (tertiary/aromatic N) is 3. The Balaban J connectivity index is 1.71. The lowest BCUT2D eigenvalue weighted by molar-refractivity contribution is 0.00561. The van der Waals surface area contributed by atoms with Crippen molar-refractivity contribution in [2.75, 3.05) is 13.1 Å². The molecule has 1 aromatic rings. The van der Waals surface area contributed by atoms with Crippen molar-refractivity contribution in [1.29, 1.82) is 0 Å². The predicted molar refractivity (Wildman–Crippen MR) is 109 cm³/mol. The lowest BCUT2D eigenvalue weighted by atomic mass is 9.79. The van der Waals surface area contributed by atoms with Gasteiger partial charge < -0.3 is 18.9 Å². The molecule has 2 saturated heterocycles. The van der Waals surface area contributed by atoms with Gasteiger partial charge in [0, 0.05) is 23.9 Å². The summed E-state index contributed by atoms with van der Waals surface area (Å²) >= 11 is 0. The van der Waals surface area contributed by atoms with Crippen molar-refractivity contribution in [3.05, 3.63) is 11.9 Å². The summed E-state index contributed by atoms with van der Waals surface area (Å²) in [4.78, 5) is 13.7. The van der Waals surface area contributed by atoms with Crippen LogP contribution in [0.4, 0.5) is 9.18 Å². The second kappa shape index (κ2) is 7.27. The van der Waals surface area contributed by atoms with Crippen molar-refractivity contribution >= 4 is 18.7 Å². The molecule has 2 aliphatic rings. The summed E-state index contributed by atoms with van der Waals surface area (Å²) < 4.78 is 34.3. The SMILES string of the molecule is Cc1c(B2OC(C)(C)C(C)(C)O2)cnn1[C@H]1CCN(C(=O)OC(C)(C)C)C[C@@H]1F. The van der Waals surface area contributed by atoms with E-state index in [1.165, 1.54) is 4.90 Å². The summed E-state index contributed by atoms with van der Waals surface area (Å²) in [5.41, 5.74) is 0.129. The van der Waals surface area contributed by atoms with Gasteiger partial charge in [0.1, 0.15) is 11.8 Å². The molecule has 1 amide bonds. The molecule has 2 fully saturated rings. The zero-order chi connectivity index (χ0) is 21.8. The number of amides is 1. The summed E-state index contributed by atoms with van der Waals surface area (Å²) in [5.74, 6) is 0. The van der Waals surface area contributed by atoms with Crippen LogP contribution in [0.2, 0.25) is 0 Å². The number of alkyl halides is 1. The maximum absolute atomic E-state index is 15.0. The van der Waals surface area contributed by atoms with E-state index in [0.29, 0.717) is 13.0 Å². The third kappa shape index (κ3) is 4.31. The number of carbonyl (C=O) groups excluding carboxylic acids is 1. The van der Waals surface area contributed by atoms with E-state index in [1.54, 1.807) is 31.6 Å². The third-order valence-corrected chi connectivity index (χ3v) is 6.06. The molecule has 162 valence electrons. The molecule has 0 saturated carbocycles. The zero-order valence-corrected chi connectivity index (χ0v) is 18.8. The highest BCUT2D eigenvalue weighted by molar-refractivity contribution is 6.62. The lowest BCUT2D eigenvalue weighted by Crippen LogP contribution is -2.47. The van der Waals surface area contributed by atoms with Crippen LogP contribution in [0.5, 0.6) is 0 Å². The number of halogens is 1. The molecular weight excluding hydrogens is 376 g/mol. The van der Waals surface area contributed by atoms with Gasteiger partial charge in [-0.05, 0) is 61.8 Å². The van der Waals surface area contributed by atoms with Gasteiger partial charge >= 0.3 is 13.2 Å². The number of carbonyl (C=O) groups is 1. The topological polar surface area (TPSA) is 65.8 Å². The molecule has 0 spiro atoms. The fourth-order valence-electron chi connectivity index (χ4n) is 3.63. The normalized spacial score (nSPS) is 26.7. The number of rotatable bonds is 2. The standard InChI is InChI=1S/C20H33BFN3O4/c1-13-14(21-28-19(5,6)20(7,8)29-21)11-23-25(13)16-9-10-24(12-15(16)22)17(26)27-18(2,3)4/h11,15-16H,9-10,12H2,1-8H3/t15-,16-/m0/s1. The van der Waals surface area contributed by atoms with E-state index < -0.39 is 42.2 Å². The Morgan fingerprint density at radius 1 is 1.28 bits per heavy atom. The fraction of sp³-hybridized carbons (Fsp3) is 0.800. The first-order valence-electron chi connectivity index (χ1n) is 10.2. The van der Waals surface area contributed by atoms with Crippen LogP contribution in [0, 0.1) is 6.92 Å². The average molecular weight is 409 g/mol. The Hall–Kier alpha value is -1.61. The van der Waals surface area contributed by atoms with Gasteiger partial charge in [-0.1, -0.05) is 0 Å². The summed E-state index contributed by atoms with van der Waals surface area (Å²) in [6, 6.07) is -0.440. The first kappa shape index (κ1) is 22.1. The van der Waals surface area contributed by atoms with E-state index in [-0.39, 0.29) is 6.54 Å². The van der Waals surface area contributed by atoms with Gasteiger partial charge in [0.15, 0.2) is 0 Å². The number of hydrogen-bond donors (Lipinski definition) is 0. The Morgan fingerprint density at radius 2 is 1.86 bits per heavy atom. The molecule has 2 aliphatic heterocycles. The maximum atomic E-state index is 15.0. The summed E-state index contributed by atoms with van der Waals surface area (Å²) in [5, 5.41) is 4.44. The summed E-state index contributed by atoms with van der Waals surface area (Å²) in [6.45, 7) is 15.7. The monoisotopic (exact) mass is 409 g/mol. The third-order valence-electron chi connectivity index (χ3n) is 6.06. The van der Waals surface area contributed by atoms with Gasteiger partial charge in [-0.3, -0.25) is 4.68 Å². The Morgan fingerprint density at radius 3 is 2.38 bits per heavy atom. The highest BCUT2D eigenvalue weighted by atomic mass is 19.1. The van der Waals surface area contributed by atoms with Gasteiger partial charge in [0.2, 0.25) is 0 Å². The zero-order valence-electron chi connectivity index (χ0n) is 18.8. The molecule has 0 aliphatic carbocycles. The van der Waals surface area contributed by atoms with E-state index in [2.05, 4.69) is 5.10 Å². The number of ether oxygens (including phenoxy) is 1. The highest BCUT2D eigenvalue weighted by Crippen LogP contribution is 2.37. The molecule has 7 nitrogen and oxygen atoms in total. The Labute approximate surface area is 173 Å². The minimum atomic E-state index is -1.24. The van der Waals surface area contributed by atoms with Crippen LogP contribution in [0.15, 0.2) is 6.20 Å². The van der Waals surface area contributed by atoms with Crippen molar-refractivity contribution in [3.8, 4) is 0 Å². The van der Waals surface area contributed by atoms with E-state index in [0.717, 1.165) is 11.2 Å². The minimum absolute atomic E-state index is 0.00922. The van der Waals surface area contributed by atoms with Crippen LogP contribution in [0.3, 0.4) is 0 Å². The average Bonchev–Trinajstić information content (AvgIpc) is 3.02.